The van der Waals surface area contributed by atoms with Crippen LogP contribution in [0.15, 0.2) is 24.5 Å². The van der Waals surface area contributed by atoms with E-state index >= 15 is 0 Å². The van der Waals surface area contributed by atoms with Gasteiger partial charge in [0.05, 0.1) is 5.56 Å². The second-order valence-electron chi connectivity index (χ2n) is 5.00. The first-order chi connectivity index (χ1) is 10.2. The van der Waals surface area contributed by atoms with Crippen LogP contribution in [0.2, 0.25) is 0 Å². The number of amides is 1. The van der Waals surface area contributed by atoms with E-state index in [4.69, 9.17) is 0 Å². The van der Waals surface area contributed by atoms with Crippen LogP contribution in [0.4, 0.5) is 5.00 Å². The van der Waals surface area contributed by atoms with Crippen molar-refractivity contribution in [2.24, 2.45) is 0 Å². The summed E-state index contributed by atoms with van der Waals surface area (Å²) in [6.07, 6.45) is 4.01. The molecule has 2 aromatic heterocycles. The molecule has 0 unspecified atom stereocenters. The molecular weight excluding hydrogens is 284 g/mol. The number of anilines is 1. The summed E-state index contributed by atoms with van der Waals surface area (Å²) in [4.78, 5) is 19.5. The van der Waals surface area contributed by atoms with Crippen LogP contribution in [0, 0.1) is 11.3 Å². The summed E-state index contributed by atoms with van der Waals surface area (Å²) in [6, 6.07) is 5.55. The van der Waals surface area contributed by atoms with Crippen LogP contribution in [0.5, 0.6) is 0 Å². The Hall–Kier alpha value is -2.23. The number of rotatable bonds is 2. The van der Waals surface area contributed by atoms with Crippen molar-refractivity contribution in [3.05, 3.63) is 46.1 Å². The summed E-state index contributed by atoms with van der Waals surface area (Å²) in [5, 5.41) is 12.9. The Balaban J connectivity index is 1.90. The van der Waals surface area contributed by atoms with Gasteiger partial charge in [0.15, 0.2) is 0 Å². The van der Waals surface area contributed by atoms with Crippen molar-refractivity contribution in [1.82, 2.24) is 9.88 Å². The number of aromatic nitrogens is 1. The molecule has 1 aliphatic heterocycles. The van der Waals surface area contributed by atoms with Gasteiger partial charge in [0, 0.05) is 35.9 Å². The lowest BCUT2D eigenvalue weighted by Crippen LogP contribution is -2.25. The Kier molecular flexibility index (Phi) is 3.69. The lowest BCUT2D eigenvalue weighted by atomic mass is 10.0. The third kappa shape index (κ3) is 2.66. The smallest absolute Gasteiger partial charge is 0.256 e. The third-order valence-electron chi connectivity index (χ3n) is 3.53. The lowest BCUT2D eigenvalue weighted by molar-refractivity contribution is 0.102. The van der Waals surface area contributed by atoms with Gasteiger partial charge in [-0.1, -0.05) is 0 Å². The first-order valence-electron chi connectivity index (χ1n) is 6.63. The predicted octanol–water partition coefficient (Wildman–Crippen LogP) is 2.25. The van der Waals surface area contributed by atoms with Gasteiger partial charge >= 0.3 is 0 Å². The molecule has 0 saturated heterocycles. The number of hydrogen-bond donors (Lipinski definition) is 1. The van der Waals surface area contributed by atoms with Gasteiger partial charge in [-0.05, 0) is 31.2 Å². The number of likely N-dealkylation sites (N-methyl/N-ethyl adjacent to an activating group) is 1. The second kappa shape index (κ2) is 5.64. The molecule has 1 N–H and O–H groups in total. The maximum absolute atomic E-state index is 12.2. The molecule has 0 radical (unpaired) electrons. The number of pyridine rings is 1. The number of nitrogens with zero attached hydrogens (tertiary/aromatic N) is 3. The minimum absolute atomic E-state index is 0.208. The molecular formula is C15H14N4OS. The predicted molar refractivity (Wildman–Crippen MR) is 81.3 cm³/mol. The molecule has 0 aromatic carbocycles. The molecule has 0 fully saturated rings. The molecule has 6 heteroatoms. The van der Waals surface area contributed by atoms with Gasteiger partial charge in [0.2, 0.25) is 0 Å². The Labute approximate surface area is 126 Å². The van der Waals surface area contributed by atoms with Gasteiger partial charge in [0.1, 0.15) is 11.1 Å². The highest BCUT2D eigenvalue weighted by atomic mass is 32.1. The number of fused-ring (bicyclic) bond motifs is 1. The SMILES string of the molecule is CN1CCc2c(sc(NC(=O)c3ccncc3)c2C#N)C1. The van der Waals surface area contributed by atoms with Crippen molar-refractivity contribution in [2.75, 3.05) is 18.9 Å². The summed E-state index contributed by atoms with van der Waals surface area (Å²) in [5.41, 5.74) is 2.24. The molecule has 0 saturated carbocycles. The molecule has 3 rings (SSSR count). The zero-order valence-corrected chi connectivity index (χ0v) is 12.4. The van der Waals surface area contributed by atoms with Crippen LogP contribution in [0.3, 0.4) is 0 Å². The quantitative estimate of drug-likeness (QED) is 0.923. The van der Waals surface area contributed by atoms with Crippen molar-refractivity contribution in [1.29, 1.82) is 5.26 Å². The zero-order chi connectivity index (χ0) is 14.8. The highest BCUT2D eigenvalue weighted by Crippen LogP contribution is 2.36. The number of nitrogens with one attached hydrogen (secondary N) is 1. The average molecular weight is 298 g/mol. The fraction of sp³-hybridized carbons (Fsp3) is 0.267. The fourth-order valence-electron chi connectivity index (χ4n) is 2.42. The Morgan fingerprint density at radius 3 is 2.95 bits per heavy atom. The number of thiophene rings is 1. The third-order valence-corrected chi connectivity index (χ3v) is 4.66. The number of carbonyl (C=O) groups excluding carboxylic acids is 1. The molecule has 3 heterocycles. The molecule has 5 nitrogen and oxygen atoms in total. The molecule has 0 bridgehead atoms. The van der Waals surface area contributed by atoms with Gasteiger partial charge in [0.25, 0.3) is 5.91 Å². The van der Waals surface area contributed by atoms with Crippen molar-refractivity contribution in [2.45, 2.75) is 13.0 Å². The van der Waals surface area contributed by atoms with E-state index in [1.807, 2.05) is 0 Å². The van der Waals surface area contributed by atoms with E-state index < -0.39 is 0 Å². The van der Waals surface area contributed by atoms with E-state index in [0.29, 0.717) is 16.1 Å². The number of carbonyl (C=O) groups is 1. The number of hydrogen-bond acceptors (Lipinski definition) is 5. The fourth-order valence-corrected chi connectivity index (χ4v) is 3.69. The lowest BCUT2D eigenvalue weighted by Gasteiger charge is -2.21. The minimum atomic E-state index is -0.208. The van der Waals surface area contributed by atoms with Crippen LogP contribution in [-0.4, -0.2) is 29.4 Å². The molecule has 106 valence electrons. The summed E-state index contributed by atoms with van der Waals surface area (Å²) < 4.78 is 0. The van der Waals surface area contributed by atoms with E-state index in [1.54, 1.807) is 24.5 Å². The second-order valence-corrected chi connectivity index (χ2v) is 6.10. The van der Waals surface area contributed by atoms with Crippen molar-refractivity contribution < 1.29 is 4.79 Å². The van der Waals surface area contributed by atoms with Crippen molar-refractivity contribution in [3.8, 4) is 6.07 Å². The molecule has 1 amide bonds. The number of nitriles is 1. The standard InChI is InChI=1S/C15H14N4OS/c1-19-7-4-11-12(8-16)15(21-13(11)9-19)18-14(20)10-2-5-17-6-3-10/h2-3,5-6H,4,7,9H2,1H3,(H,18,20). The normalized spacial score (nSPS) is 14.3. The van der Waals surface area contributed by atoms with Crippen molar-refractivity contribution in [3.63, 3.8) is 0 Å². The zero-order valence-electron chi connectivity index (χ0n) is 11.6. The van der Waals surface area contributed by atoms with Gasteiger partial charge in [-0.3, -0.25) is 9.78 Å². The van der Waals surface area contributed by atoms with Gasteiger partial charge in [-0.15, -0.1) is 11.3 Å². The first-order valence-corrected chi connectivity index (χ1v) is 7.45. The van der Waals surface area contributed by atoms with E-state index in [2.05, 4.69) is 28.3 Å². The highest BCUT2D eigenvalue weighted by molar-refractivity contribution is 7.16. The molecule has 21 heavy (non-hydrogen) atoms. The molecule has 2 aromatic rings. The van der Waals surface area contributed by atoms with Crippen molar-refractivity contribution >= 4 is 22.2 Å². The maximum Gasteiger partial charge on any atom is 0.256 e. The van der Waals surface area contributed by atoms with Crippen LogP contribution in [0.25, 0.3) is 0 Å². The molecule has 0 atom stereocenters. The Morgan fingerprint density at radius 1 is 1.48 bits per heavy atom. The van der Waals surface area contributed by atoms with Crippen LogP contribution >= 0.6 is 11.3 Å². The highest BCUT2D eigenvalue weighted by Gasteiger charge is 2.23. The van der Waals surface area contributed by atoms with Crippen LogP contribution in [0.1, 0.15) is 26.4 Å². The molecule has 1 aliphatic rings. The van der Waals surface area contributed by atoms with Gasteiger partial charge in [-0.25, -0.2) is 0 Å². The van der Waals surface area contributed by atoms with Crippen LogP contribution < -0.4 is 5.32 Å². The Bertz CT molecular complexity index is 717. The van der Waals surface area contributed by atoms with Gasteiger partial charge < -0.3 is 10.2 Å². The summed E-state index contributed by atoms with van der Waals surface area (Å²) >= 11 is 1.50. The average Bonchev–Trinajstić information content (AvgIpc) is 2.84. The largest absolute Gasteiger partial charge is 0.312 e. The maximum atomic E-state index is 12.2. The molecule has 0 aliphatic carbocycles. The summed E-state index contributed by atoms with van der Waals surface area (Å²) in [7, 11) is 2.06. The Morgan fingerprint density at radius 2 is 2.24 bits per heavy atom. The monoisotopic (exact) mass is 298 g/mol. The van der Waals surface area contributed by atoms with E-state index in [9.17, 15) is 10.1 Å². The van der Waals surface area contributed by atoms with Gasteiger partial charge in [-0.2, -0.15) is 5.26 Å². The van der Waals surface area contributed by atoms with Crippen LogP contribution in [-0.2, 0) is 13.0 Å². The minimum Gasteiger partial charge on any atom is -0.312 e. The summed E-state index contributed by atoms with van der Waals surface area (Å²) in [6.45, 7) is 1.77. The topological polar surface area (TPSA) is 69.0 Å². The first kappa shape index (κ1) is 13.7. The summed E-state index contributed by atoms with van der Waals surface area (Å²) in [5.74, 6) is -0.208. The van der Waals surface area contributed by atoms with E-state index in [0.717, 1.165) is 25.1 Å². The van der Waals surface area contributed by atoms with E-state index in [-0.39, 0.29) is 5.91 Å². The van der Waals surface area contributed by atoms with E-state index in [1.165, 1.54) is 16.2 Å². The molecule has 0 spiro atoms.